The summed E-state index contributed by atoms with van der Waals surface area (Å²) in [6.07, 6.45) is 3.56. The second-order valence-electron chi connectivity index (χ2n) is 6.69. The molecule has 1 fully saturated rings. The van der Waals surface area contributed by atoms with Gasteiger partial charge in [0.15, 0.2) is 0 Å². The molecule has 0 spiro atoms. The second-order valence-corrected chi connectivity index (χ2v) is 7.69. The first kappa shape index (κ1) is 20.7. The monoisotopic (exact) mass is 413 g/mol. The summed E-state index contributed by atoms with van der Waals surface area (Å²) in [4.78, 5) is 40.3. The zero-order chi connectivity index (χ0) is 21.1. The summed E-state index contributed by atoms with van der Waals surface area (Å²) in [5.41, 5.74) is 2.78. The fourth-order valence-electron chi connectivity index (χ4n) is 2.97. The Bertz CT molecular complexity index is 963. The highest BCUT2D eigenvalue weighted by molar-refractivity contribution is 8.18. The Balaban J connectivity index is 1.87. The molecule has 8 heteroatoms. The van der Waals surface area contributed by atoms with Crippen molar-refractivity contribution in [3.63, 3.8) is 0 Å². The summed E-state index contributed by atoms with van der Waals surface area (Å²) in [7, 11) is 3.95. The van der Waals surface area contributed by atoms with Gasteiger partial charge in [-0.1, -0.05) is 0 Å². The van der Waals surface area contributed by atoms with E-state index in [1.165, 1.54) is 6.92 Å². The zero-order valence-corrected chi connectivity index (χ0v) is 17.6. The number of aromatic nitrogens is 1. The molecular formula is C21H23N3O4S. The van der Waals surface area contributed by atoms with Gasteiger partial charge < -0.3 is 14.2 Å². The molecule has 0 saturated carbocycles. The van der Waals surface area contributed by atoms with Crippen LogP contribution in [-0.4, -0.2) is 53.3 Å². The van der Waals surface area contributed by atoms with Crippen molar-refractivity contribution in [2.75, 3.05) is 25.6 Å². The zero-order valence-electron chi connectivity index (χ0n) is 16.8. The molecule has 1 aliphatic heterocycles. The van der Waals surface area contributed by atoms with Gasteiger partial charge in [0, 0.05) is 37.4 Å². The van der Waals surface area contributed by atoms with E-state index in [-0.39, 0.29) is 11.5 Å². The maximum Gasteiger partial charge on any atom is 0.329 e. The predicted molar refractivity (Wildman–Crippen MR) is 114 cm³/mol. The van der Waals surface area contributed by atoms with Crippen LogP contribution in [-0.2, 0) is 14.3 Å². The maximum atomic E-state index is 12.8. The number of ether oxygens (including phenoxy) is 1. The molecule has 0 bridgehead atoms. The highest BCUT2D eigenvalue weighted by atomic mass is 32.2. The first-order valence-electron chi connectivity index (χ1n) is 9.22. The van der Waals surface area contributed by atoms with Gasteiger partial charge in [0.05, 0.1) is 11.5 Å². The van der Waals surface area contributed by atoms with Crippen molar-refractivity contribution in [2.24, 2.45) is 0 Å². The van der Waals surface area contributed by atoms with Crippen LogP contribution in [0.3, 0.4) is 0 Å². The molecule has 1 atom stereocenters. The maximum absolute atomic E-state index is 12.8. The molecular weight excluding hydrogens is 390 g/mol. The van der Waals surface area contributed by atoms with Crippen LogP contribution in [0.4, 0.5) is 10.5 Å². The molecule has 152 valence electrons. The smallest absolute Gasteiger partial charge is 0.329 e. The topological polar surface area (TPSA) is 71.8 Å². The second kappa shape index (κ2) is 8.57. The first-order chi connectivity index (χ1) is 13.8. The number of carbonyl (C=O) groups is 3. The summed E-state index contributed by atoms with van der Waals surface area (Å²) in [6.45, 7) is 3.36. The molecule has 2 aromatic rings. The summed E-state index contributed by atoms with van der Waals surface area (Å²) >= 11 is 0.825. The van der Waals surface area contributed by atoms with Crippen molar-refractivity contribution in [1.29, 1.82) is 0 Å². The summed E-state index contributed by atoms with van der Waals surface area (Å²) in [6, 6.07) is 10.8. The minimum absolute atomic E-state index is 0.190. The molecule has 0 N–H and O–H groups in total. The highest BCUT2D eigenvalue weighted by Crippen LogP contribution is 2.34. The van der Waals surface area contributed by atoms with Crippen molar-refractivity contribution in [1.82, 2.24) is 9.47 Å². The van der Waals surface area contributed by atoms with E-state index in [0.29, 0.717) is 0 Å². The van der Waals surface area contributed by atoms with E-state index < -0.39 is 23.2 Å². The van der Waals surface area contributed by atoms with Crippen LogP contribution in [0.25, 0.3) is 11.8 Å². The van der Waals surface area contributed by atoms with E-state index in [0.717, 1.165) is 33.7 Å². The van der Waals surface area contributed by atoms with Crippen LogP contribution in [0, 0.1) is 0 Å². The Kier molecular flexibility index (Phi) is 6.12. The molecule has 1 aliphatic rings. The number of imide groups is 1. The van der Waals surface area contributed by atoms with Gasteiger partial charge in [-0.05, 0) is 68.1 Å². The van der Waals surface area contributed by atoms with E-state index in [1.54, 1.807) is 13.0 Å². The highest BCUT2D eigenvalue weighted by Gasteiger charge is 2.41. The number of rotatable bonds is 6. The SMILES string of the molecule is CCOC(=O)[C@@H](C)N1C(=O)S/C(=C/c2cccn2-c2ccc(N(C)C)cc2)C1=O. The average molecular weight is 413 g/mol. The summed E-state index contributed by atoms with van der Waals surface area (Å²) < 4.78 is 6.87. The molecule has 29 heavy (non-hydrogen) atoms. The average Bonchev–Trinajstić information content (AvgIpc) is 3.26. The Morgan fingerprint density at radius 1 is 1.21 bits per heavy atom. The fourth-order valence-corrected chi connectivity index (χ4v) is 3.87. The lowest BCUT2D eigenvalue weighted by Gasteiger charge is -2.19. The molecule has 0 radical (unpaired) electrons. The number of amides is 2. The van der Waals surface area contributed by atoms with Gasteiger partial charge in [-0.25, -0.2) is 4.79 Å². The normalized spacial score (nSPS) is 16.4. The van der Waals surface area contributed by atoms with Crippen molar-refractivity contribution in [2.45, 2.75) is 19.9 Å². The van der Waals surface area contributed by atoms with Crippen LogP contribution in [0.2, 0.25) is 0 Å². The van der Waals surface area contributed by atoms with Crippen LogP contribution < -0.4 is 4.90 Å². The lowest BCUT2D eigenvalue weighted by Crippen LogP contribution is -2.42. The number of hydrogen-bond acceptors (Lipinski definition) is 6. The number of hydrogen-bond donors (Lipinski definition) is 0. The molecule has 1 saturated heterocycles. The number of thioether (sulfide) groups is 1. The van der Waals surface area contributed by atoms with E-state index in [4.69, 9.17) is 4.74 Å². The molecule has 0 unspecified atom stereocenters. The van der Waals surface area contributed by atoms with Crippen molar-refractivity contribution >= 4 is 40.6 Å². The minimum Gasteiger partial charge on any atom is -0.464 e. The van der Waals surface area contributed by atoms with Crippen molar-refractivity contribution in [3.8, 4) is 5.69 Å². The van der Waals surface area contributed by atoms with E-state index in [9.17, 15) is 14.4 Å². The Morgan fingerprint density at radius 2 is 1.90 bits per heavy atom. The number of benzene rings is 1. The third-order valence-corrected chi connectivity index (χ3v) is 5.43. The summed E-state index contributed by atoms with van der Waals surface area (Å²) in [5.74, 6) is -1.09. The van der Waals surface area contributed by atoms with Crippen molar-refractivity contribution in [3.05, 3.63) is 53.2 Å². The van der Waals surface area contributed by atoms with Crippen LogP contribution in [0.5, 0.6) is 0 Å². The summed E-state index contributed by atoms with van der Waals surface area (Å²) in [5, 5.41) is -0.477. The van der Waals surface area contributed by atoms with Crippen LogP contribution in [0.1, 0.15) is 19.5 Å². The Labute approximate surface area is 173 Å². The fraction of sp³-hybridized carbons (Fsp3) is 0.286. The van der Waals surface area contributed by atoms with Gasteiger partial charge in [-0.15, -0.1) is 0 Å². The third kappa shape index (κ3) is 4.22. The third-order valence-electron chi connectivity index (χ3n) is 4.54. The molecule has 1 aromatic heterocycles. The number of esters is 1. The molecule has 7 nitrogen and oxygen atoms in total. The number of nitrogens with zero attached hydrogens (tertiary/aromatic N) is 3. The van der Waals surface area contributed by atoms with Gasteiger partial charge in [0.25, 0.3) is 11.1 Å². The first-order valence-corrected chi connectivity index (χ1v) is 10.0. The van der Waals surface area contributed by atoms with Gasteiger partial charge in [0.1, 0.15) is 6.04 Å². The van der Waals surface area contributed by atoms with Gasteiger partial charge >= 0.3 is 5.97 Å². The van der Waals surface area contributed by atoms with Crippen LogP contribution in [0.15, 0.2) is 47.5 Å². The molecule has 0 aliphatic carbocycles. The van der Waals surface area contributed by atoms with Gasteiger partial charge in [0.2, 0.25) is 0 Å². The molecule has 3 rings (SSSR count). The van der Waals surface area contributed by atoms with Crippen molar-refractivity contribution < 1.29 is 19.1 Å². The predicted octanol–water partition coefficient (Wildman–Crippen LogP) is 3.53. The molecule has 2 amide bonds. The molecule has 2 heterocycles. The van der Waals surface area contributed by atoms with E-state index in [2.05, 4.69) is 0 Å². The molecule has 1 aromatic carbocycles. The van der Waals surface area contributed by atoms with Gasteiger partial charge in [-0.2, -0.15) is 0 Å². The van der Waals surface area contributed by atoms with E-state index >= 15 is 0 Å². The Morgan fingerprint density at radius 3 is 2.52 bits per heavy atom. The van der Waals surface area contributed by atoms with E-state index in [1.807, 2.05) is 66.2 Å². The number of carbonyl (C=O) groups excluding carboxylic acids is 3. The van der Waals surface area contributed by atoms with Gasteiger partial charge in [-0.3, -0.25) is 14.5 Å². The lowest BCUT2D eigenvalue weighted by molar-refractivity contribution is -0.150. The Hall–Kier alpha value is -3.00. The quantitative estimate of drug-likeness (QED) is 0.533. The number of anilines is 1. The largest absolute Gasteiger partial charge is 0.464 e. The standard InChI is InChI=1S/C21H23N3O4S/c1-5-28-20(26)14(2)24-19(25)18(29-21(24)27)13-17-7-6-12-23(17)16-10-8-15(9-11-16)22(3)4/h6-14H,5H2,1-4H3/b18-13+/t14-/m1/s1. The lowest BCUT2D eigenvalue weighted by atomic mass is 10.2. The minimum atomic E-state index is -0.960. The van der Waals surface area contributed by atoms with Crippen LogP contribution >= 0.6 is 11.8 Å².